The number of nitrogens with zero attached hydrogens (tertiary/aromatic N) is 1. The van der Waals surface area contributed by atoms with E-state index in [0.717, 1.165) is 23.1 Å². The van der Waals surface area contributed by atoms with Gasteiger partial charge in [0, 0.05) is 24.8 Å². The van der Waals surface area contributed by atoms with Crippen molar-refractivity contribution in [1.82, 2.24) is 10.2 Å². The number of imide groups is 1. The lowest BCUT2D eigenvalue weighted by atomic mass is 9.81. The second-order valence-electron chi connectivity index (χ2n) is 8.70. The Morgan fingerprint density at radius 3 is 2.35 bits per heavy atom. The molecule has 1 saturated carbocycles. The standard InChI is InChI=1S/C24H23F3N2O5/c25-24(26,27)15-5-6-19(31)14(11-15)13-28-22(34)23(9-10-30)8-7-16(12-23)29-20(32)17-3-1-2-4-18(17)21(29)33/h1-6,11,16,30-31H,7-10,12-13H2,(H,28,34)/t16-,23-/m1/s1. The average Bonchev–Trinajstić information content (AvgIpc) is 3.32. The zero-order valence-electron chi connectivity index (χ0n) is 18.1. The van der Waals surface area contributed by atoms with Gasteiger partial charge < -0.3 is 15.5 Å². The molecular weight excluding hydrogens is 453 g/mol. The van der Waals surface area contributed by atoms with E-state index in [0.29, 0.717) is 17.5 Å². The van der Waals surface area contributed by atoms with Crippen LogP contribution in [0.25, 0.3) is 0 Å². The summed E-state index contributed by atoms with van der Waals surface area (Å²) in [5.74, 6) is -1.77. The third kappa shape index (κ3) is 4.13. The van der Waals surface area contributed by atoms with Crippen LogP contribution in [0.5, 0.6) is 5.75 Å². The van der Waals surface area contributed by atoms with Crippen molar-refractivity contribution >= 4 is 17.7 Å². The van der Waals surface area contributed by atoms with Crippen molar-refractivity contribution < 1.29 is 37.8 Å². The topological polar surface area (TPSA) is 107 Å². The number of phenolic OH excluding ortho intramolecular Hbond substituents is 1. The van der Waals surface area contributed by atoms with Gasteiger partial charge in [0.25, 0.3) is 11.8 Å². The summed E-state index contributed by atoms with van der Waals surface area (Å²) in [4.78, 5) is 40.0. The van der Waals surface area contributed by atoms with Gasteiger partial charge in [-0.2, -0.15) is 13.2 Å². The van der Waals surface area contributed by atoms with Gasteiger partial charge in [-0.3, -0.25) is 19.3 Å². The third-order valence-corrected chi connectivity index (χ3v) is 6.69. The molecule has 2 aromatic rings. The number of rotatable bonds is 6. The highest BCUT2D eigenvalue weighted by Gasteiger charge is 2.50. The Kier molecular flexibility index (Phi) is 6.11. The Hall–Kier alpha value is -3.40. The SMILES string of the molecule is O=C1c2ccccc2C(=O)N1[C@@H]1CC[C@](CCO)(C(=O)NCc2cc(C(F)(F)F)ccc2O)C1. The largest absolute Gasteiger partial charge is 0.508 e. The monoisotopic (exact) mass is 476 g/mol. The first kappa shape index (κ1) is 23.7. The quantitative estimate of drug-likeness (QED) is 0.555. The van der Waals surface area contributed by atoms with Crippen LogP contribution in [-0.2, 0) is 17.5 Å². The van der Waals surface area contributed by atoms with E-state index in [-0.39, 0.29) is 43.7 Å². The average molecular weight is 476 g/mol. The minimum atomic E-state index is -4.60. The van der Waals surface area contributed by atoms with Crippen molar-refractivity contribution in [1.29, 1.82) is 0 Å². The van der Waals surface area contributed by atoms with E-state index in [2.05, 4.69) is 5.32 Å². The summed E-state index contributed by atoms with van der Waals surface area (Å²) >= 11 is 0. The van der Waals surface area contributed by atoms with Crippen LogP contribution in [0.1, 0.15) is 57.5 Å². The number of aromatic hydroxyl groups is 1. The van der Waals surface area contributed by atoms with E-state index >= 15 is 0 Å². The van der Waals surface area contributed by atoms with Crippen molar-refractivity contribution in [3.05, 3.63) is 64.7 Å². The number of aliphatic hydroxyl groups excluding tert-OH is 1. The Morgan fingerprint density at radius 2 is 1.76 bits per heavy atom. The maximum atomic E-state index is 13.2. The molecule has 4 rings (SSSR count). The van der Waals surface area contributed by atoms with E-state index in [1.807, 2.05) is 0 Å². The fourth-order valence-corrected chi connectivity index (χ4v) is 4.89. The Bertz CT molecular complexity index is 1110. The smallest absolute Gasteiger partial charge is 0.416 e. The lowest BCUT2D eigenvalue weighted by Gasteiger charge is -2.29. The van der Waals surface area contributed by atoms with E-state index in [9.17, 15) is 37.8 Å². The maximum Gasteiger partial charge on any atom is 0.416 e. The maximum absolute atomic E-state index is 13.2. The van der Waals surface area contributed by atoms with Gasteiger partial charge in [0.05, 0.1) is 22.1 Å². The van der Waals surface area contributed by atoms with Crippen molar-refractivity contribution in [3.8, 4) is 5.75 Å². The minimum Gasteiger partial charge on any atom is -0.508 e. The predicted octanol–water partition coefficient (Wildman–Crippen LogP) is 3.24. The van der Waals surface area contributed by atoms with Crippen LogP contribution in [-0.4, -0.2) is 45.5 Å². The van der Waals surface area contributed by atoms with Gasteiger partial charge in [-0.15, -0.1) is 0 Å². The number of carbonyl (C=O) groups is 3. The number of benzene rings is 2. The molecule has 3 amide bonds. The number of halogens is 3. The molecule has 0 bridgehead atoms. The summed E-state index contributed by atoms with van der Waals surface area (Å²) in [5.41, 5.74) is -1.55. The molecule has 2 aliphatic rings. The number of aliphatic hydroxyl groups is 1. The molecule has 1 aliphatic carbocycles. The van der Waals surface area contributed by atoms with Gasteiger partial charge in [-0.1, -0.05) is 12.1 Å². The van der Waals surface area contributed by atoms with Crippen LogP contribution in [0.4, 0.5) is 13.2 Å². The molecule has 180 valence electrons. The highest BCUT2D eigenvalue weighted by Crippen LogP contribution is 2.45. The molecule has 0 unspecified atom stereocenters. The van der Waals surface area contributed by atoms with Crippen molar-refractivity contribution in [2.75, 3.05) is 6.61 Å². The van der Waals surface area contributed by atoms with E-state index < -0.39 is 40.9 Å². The molecule has 1 aliphatic heterocycles. The molecule has 1 fully saturated rings. The van der Waals surface area contributed by atoms with Crippen LogP contribution >= 0.6 is 0 Å². The normalized spacial score (nSPS) is 22.2. The molecule has 34 heavy (non-hydrogen) atoms. The number of hydrogen-bond acceptors (Lipinski definition) is 5. The summed E-state index contributed by atoms with van der Waals surface area (Å²) in [6.07, 6.45) is -3.78. The van der Waals surface area contributed by atoms with Gasteiger partial charge in [0.2, 0.25) is 5.91 Å². The molecule has 7 nitrogen and oxygen atoms in total. The highest BCUT2D eigenvalue weighted by atomic mass is 19.4. The highest BCUT2D eigenvalue weighted by molar-refractivity contribution is 6.21. The van der Waals surface area contributed by atoms with E-state index in [1.165, 1.54) is 0 Å². The van der Waals surface area contributed by atoms with Crippen molar-refractivity contribution in [2.24, 2.45) is 5.41 Å². The molecule has 2 atom stereocenters. The Morgan fingerprint density at radius 1 is 1.12 bits per heavy atom. The molecule has 3 N–H and O–H groups in total. The Labute approximate surface area is 193 Å². The number of carbonyl (C=O) groups excluding carboxylic acids is 3. The summed E-state index contributed by atoms with van der Waals surface area (Å²) in [7, 11) is 0. The van der Waals surface area contributed by atoms with E-state index in [4.69, 9.17) is 0 Å². The van der Waals surface area contributed by atoms with Gasteiger partial charge in [0.1, 0.15) is 5.75 Å². The van der Waals surface area contributed by atoms with Crippen LogP contribution in [0.3, 0.4) is 0 Å². The summed E-state index contributed by atoms with van der Waals surface area (Å²) < 4.78 is 39.0. The molecule has 0 aromatic heterocycles. The molecule has 0 radical (unpaired) electrons. The molecule has 10 heteroatoms. The number of amides is 3. The van der Waals surface area contributed by atoms with Gasteiger partial charge in [0.15, 0.2) is 0 Å². The number of phenols is 1. The summed E-state index contributed by atoms with van der Waals surface area (Å²) in [6, 6.07) is 8.35. The first-order valence-corrected chi connectivity index (χ1v) is 10.8. The van der Waals surface area contributed by atoms with Crippen molar-refractivity contribution in [3.63, 3.8) is 0 Å². The number of alkyl halides is 3. The first-order chi connectivity index (χ1) is 16.1. The van der Waals surface area contributed by atoms with Crippen LogP contribution in [0.15, 0.2) is 42.5 Å². The van der Waals surface area contributed by atoms with Gasteiger partial charge >= 0.3 is 6.18 Å². The molecule has 1 heterocycles. The molecule has 0 saturated heterocycles. The molecule has 2 aromatic carbocycles. The fourth-order valence-electron chi connectivity index (χ4n) is 4.89. The number of fused-ring (bicyclic) bond motifs is 1. The number of nitrogens with one attached hydrogen (secondary N) is 1. The molecule has 0 spiro atoms. The number of hydrogen-bond donors (Lipinski definition) is 3. The lowest BCUT2D eigenvalue weighted by molar-refractivity contribution is -0.137. The molecular formula is C24H23F3N2O5. The zero-order valence-corrected chi connectivity index (χ0v) is 18.1. The second-order valence-corrected chi connectivity index (χ2v) is 8.70. The minimum absolute atomic E-state index is 0.0626. The zero-order chi connectivity index (χ0) is 24.7. The van der Waals surface area contributed by atoms with Gasteiger partial charge in [-0.05, 0) is 56.0 Å². The summed E-state index contributed by atoms with van der Waals surface area (Å²) in [5, 5.41) is 22.1. The van der Waals surface area contributed by atoms with Crippen LogP contribution < -0.4 is 5.32 Å². The van der Waals surface area contributed by atoms with Gasteiger partial charge in [-0.25, -0.2) is 0 Å². The van der Waals surface area contributed by atoms with Crippen molar-refractivity contribution in [2.45, 2.75) is 44.4 Å². The first-order valence-electron chi connectivity index (χ1n) is 10.8. The predicted molar refractivity (Wildman–Crippen MR) is 114 cm³/mol. The lowest BCUT2D eigenvalue weighted by Crippen LogP contribution is -2.43. The summed E-state index contributed by atoms with van der Waals surface area (Å²) in [6.45, 7) is -0.670. The Balaban J connectivity index is 1.50. The van der Waals surface area contributed by atoms with Crippen LogP contribution in [0, 0.1) is 5.41 Å². The van der Waals surface area contributed by atoms with E-state index in [1.54, 1.807) is 24.3 Å². The van der Waals surface area contributed by atoms with Crippen LogP contribution in [0.2, 0.25) is 0 Å². The second kappa shape index (κ2) is 8.75. The third-order valence-electron chi connectivity index (χ3n) is 6.69. The fraction of sp³-hybridized carbons (Fsp3) is 0.375.